The number of ether oxygens (including phenoxy) is 1. The molecule has 1 N–H and O–H groups in total. The summed E-state index contributed by atoms with van der Waals surface area (Å²) >= 11 is 1.95. The van der Waals surface area contributed by atoms with Crippen molar-refractivity contribution in [3.63, 3.8) is 0 Å². The second-order valence-corrected chi connectivity index (χ2v) is 6.40. The van der Waals surface area contributed by atoms with Gasteiger partial charge < -0.3 is 10.1 Å². The van der Waals surface area contributed by atoms with Gasteiger partial charge in [-0.25, -0.2) is 0 Å². The molecule has 4 heteroatoms. The van der Waals surface area contributed by atoms with Crippen LogP contribution >= 0.6 is 11.8 Å². The molecule has 0 radical (unpaired) electrons. The van der Waals surface area contributed by atoms with Crippen molar-refractivity contribution in [3.8, 4) is 0 Å². The van der Waals surface area contributed by atoms with Crippen molar-refractivity contribution in [2.75, 3.05) is 25.5 Å². The van der Waals surface area contributed by atoms with E-state index in [9.17, 15) is 4.79 Å². The van der Waals surface area contributed by atoms with Crippen LogP contribution < -0.4 is 5.32 Å². The van der Waals surface area contributed by atoms with Gasteiger partial charge in [-0.2, -0.15) is 11.8 Å². The van der Waals surface area contributed by atoms with Crippen molar-refractivity contribution in [2.24, 2.45) is 0 Å². The molecule has 1 aliphatic rings. The van der Waals surface area contributed by atoms with Gasteiger partial charge in [-0.15, -0.1) is 0 Å². The zero-order valence-electron chi connectivity index (χ0n) is 11.0. The van der Waals surface area contributed by atoms with Crippen LogP contribution in [0.25, 0.3) is 0 Å². The van der Waals surface area contributed by atoms with Gasteiger partial charge in [-0.3, -0.25) is 4.79 Å². The number of amides is 1. The molecule has 0 atom stereocenters. The Morgan fingerprint density at radius 2 is 2.06 bits per heavy atom. The van der Waals surface area contributed by atoms with E-state index in [0.29, 0.717) is 0 Å². The van der Waals surface area contributed by atoms with E-state index < -0.39 is 0 Å². The molecule has 1 fully saturated rings. The highest BCUT2D eigenvalue weighted by molar-refractivity contribution is 8.00. The molecule has 1 heterocycles. The van der Waals surface area contributed by atoms with Crippen molar-refractivity contribution in [1.29, 1.82) is 0 Å². The van der Waals surface area contributed by atoms with Gasteiger partial charge in [0.25, 0.3) is 0 Å². The zero-order chi connectivity index (χ0) is 12.7. The zero-order valence-corrected chi connectivity index (χ0v) is 11.9. The van der Waals surface area contributed by atoms with Crippen LogP contribution in [0.3, 0.4) is 0 Å². The molecule has 0 spiro atoms. The summed E-state index contributed by atoms with van der Waals surface area (Å²) in [5, 5.41) is 3.02. The molecular formula is C13H23NO2S. The van der Waals surface area contributed by atoms with E-state index in [2.05, 4.69) is 12.2 Å². The van der Waals surface area contributed by atoms with Crippen LogP contribution in [0.5, 0.6) is 0 Å². The minimum atomic E-state index is 0.0209. The fraction of sp³-hybridized carbons (Fsp3) is 0.769. The molecule has 1 rings (SSSR count). The predicted molar refractivity (Wildman–Crippen MR) is 73.4 cm³/mol. The summed E-state index contributed by atoms with van der Waals surface area (Å²) in [6, 6.07) is 0. The minimum Gasteiger partial charge on any atom is -0.381 e. The number of hydrogen-bond donors (Lipinski definition) is 1. The van der Waals surface area contributed by atoms with Gasteiger partial charge >= 0.3 is 0 Å². The maximum absolute atomic E-state index is 11.6. The van der Waals surface area contributed by atoms with Gasteiger partial charge in [0.2, 0.25) is 5.91 Å². The van der Waals surface area contributed by atoms with Gasteiger partial charge in [0.1, 0.15) is 0 Å². The van der Waals surface area contributed by atoms with E-state index in [1.54, 1.807) is 6.08 Å². The lowest BCUT2D eigenvalue weighted by atomic mass is 9.99. The first-order chi connectivity index (χ1) is 8.08. The SMILES string of the molecule is CCSC1(CNC(=O)C=C(C)C)CCOCC1. The van der Waals surface area contributed by atoms with Gasteiger partial charge in [0, 0.05) is 30.6 Å². The average Bonchev–Trinajstić information content (AvgIpc) is 2.27. The molecule has 1 amide bonds. The third-order valence-corrected chi connectivity index (χ3v) is 4.31. The van der Waals surface area contributed by atoms with Crippen LogP contribution in [0.2, 0.25) is 0 Å². The molecule has 3 nitrogen and oxygen atoms in total. The molecule has 0 aromatic carbocycles. The first kappa shape index (κ1) is 14.6. The number of thioether (sulfide) groups is 1. The van der Waals surface area contributed by atoms with Crippen molar-refractivity contribution in [3.05, 3.63) is 11.6 Å². The summed E-state index contributed by atoms with van der Waals surface area (Å²) in [6.45, 7) is 8.41. The van der Waals surface area contributed by atoms with Gasteiger partial charge in [0.05, 0.1) is 0 Å². The molecule has 0 aromatic heterocycles. The largest absolute Gasteiger partial charge is 0.381 e. The van der Waals surface area contributed by atoms with E-state index in [-0.39, 0.29) is 10.7 Å². The highest BCUT2D eigenvalue weighted by Gasteiger charge is 2.32. The quantitative estimate of drug-likeness (QED) is 0.768. The van der Waals surface area contributed by atoms with Gasteiger partial charge in [-0.1, -0.05) is 12.5 Å². The van der Waals surface area contributed by atoms with Crippen LogP contribution in [0.1, 0.15) is 33.6 Å². The van der Waals surface area contributed by atoms with Gasteiger partial charge in [0.15, 0.2) is 0 Å². The Hall–Kier alpha value is -0.480. The lowest BCUT2D eigenvalue weighted by Gasteiger charge is -2.36. The lowest BCUT2D eigenvalue weighted by Crippen LogP contribution is -2.44. The van der Waals surface area contributed by atoms with Crippen LogP contribution in [0, 0.1) is 0 Å². The maximum Gasteiger partial charge on any atom is 0.243 e. The molecule has 1 aliphatic heterocycles. The Labute approximate surface area is 108 Å². The van der Waals surface area contributed by atoms with Crippen molar-refractivity contribution in [2.45, 2.75) is 38.4 Å². The number of carbonyl (C=O) groups excluding carboxylic acids is 1. The molecule has 0 bridgehead atoms. The topological polar surface area (TPSA) is 38.3 Å². The summed E-state index contributed by atoms with van der Waals surface area (Å²) < 4.78 is 5.58. The van der Waals surface area contributed by atoms with E-state index in [4.69, 9.17) is 4.74 Å². The predicted octanol–water partition coefficient (Wildman–Crippen LogP) is 2.37. The van der Waals surface area contributed by atoms with Gasteiger partial charge in [-0.05, 0) is 32.4 Å². The van der Waals surface area contributed by atoms with Crippen molar-refractivity contribution < 1.29 is 9.53 Å². The van der Waals surface area contributed by atoms with E-state index in [1.807, 2.05) is 25.6 Å². The highest BCUT2D eigenvalue weighted by Crippen LogP contribution is 2.34. The number of allylic oxidation sites excluding steroid dienone is 1. The van der Waals surface area contributed by atoms with Crippen molar-refractivity contribution >= 4 is 17.7 Å². The van der Waals surface area contributed by atoms with Crippen LogP contribution in [-0.4, -0.2) is 36.2 Å². The second-order valence-electron chi connectivity index (χ2n) is 4.67. The lowest BCUT2D eigenvalue weighted by molar-refractivity contribution is -0.116. The molecule has 0 saturated carbocycles. The monoisotopic (exact) mass is 257 g/mol. The number of nitrogens with one attached hydrogen (secondary N) is 1. The standard InChI is InChI=1S/C13H23NO2S/c1-4-17-13(5-7-16-8-6-13)10-14-12(15)9-11(2)3/h9H,4-8,10H2,1-3H3,(H,14,15). The third kappa shape index (κ3) is 5.13. The Morgan fingerprint density at radius 3 is 2.59 bits per heavy atom. The fourth-order valence-electron chi connectivity index (χ4n) is 1.98. The molecule has 0 aliphatic carbocycles. The minimum absolute atomic E-state index is 0.0209. The van der Waals surface area contributed by atoms with Crippen LogP contribution in [0.4, 0.5) is 0 Å². The summed E-state index contributed by atoms with van der Waals surface area (Å²) in [5.74, 6) is 1.10. The molecular weight excluding hydrogens is 234 g/mol. The fourth-order valence-corrected chi connectivity index (χ4v) is 3.23. The maximum atomic E-state index is 11.6. The van der Waals surface area contributed by atoms with Crippen molar-refractivity contribution in [1.82, 2.24) is 5.32 Å². The normalized spacial score (nSPS) is 18.5. The molecule has 17 heavy (non-hydrogen) atoms. The highest BCUT2D eigenvalue weighted by atomic mass is 32.2. The van der Waals surface area contributed by atoms with E-state index in [0.717, 1.165) is 43.9 Å². The molecule has 0 unspecified atom stereocenters. The first-order valence-electron chi connectivity index (χ1n) is 6.22. The Morgan fingerprint density at radius 1 is 1.41 bits per heavy atom. The third-order valence-electron chi connectivity index (χ3n) is 2.86. The Kier molecular flexibility index (Phi) is 6.06. The molecule has 1 saturated heterocycles. The number of hydrogen-bond acceptors (Lipinski definition) is 3. The smallest absolute Gasteiger partial charge is 0.243 e. The first-order valence-corrected chi connectivity index (χ1v) is 7.21. The van der Waals surface area contributed by atoms with Crippen LogP contribution in [-0.2, 0) is 9.53 Å². The summed E-state index contributed by atoms with van der Waals surface area (Å²) in [5.41, 5.74) is 1.03. The molecule has 0 aromatic rings. The second kappa shape index (κ2) is 7.07. The average molecular weight is 257 g/mol. The number of carbonyl (C=O) groups is 1. The Bertz CT molecular complexity index is 274. The van der Waals surface area contributed by atoms with E-state index in [1.165, 1.54) is 0 Å². The van der Waals surface area contributed by atoms with Crippen LogP contribution in [0.15, 0.2) is 11.6 Å². The van der Waals surface area contributed by atoms with E-state index >= 15 is 0 Å². The summed E-state index contributed by atoms with van der Waals surface area (Å²) in [4.78, 5) is 11.6. The molecule has 98 valence electrons. The summed E-state index contributed by atoms with van der Waals surface area (Å²) in [7, 11) is 0. The Balaban J connectivity index is 2.49. The summed E-state index contributed by atoms with van der Waals surface area (Å²) in [6.07, 6.45) is 3.71. The number of rotatable bonds is 5.